The maximum absolute atomic E-state index is 12.5. The Morgan fingerprint density at radius 2 is 1.73 bits per heavy atom. The zero-order valence-corrected chi connectivity index (χ0v) is 15.8. The number of nitrogens with one attached hydrogen (secondary N) is 1. The van der Waals surface area contributed by atoms with Crippen molar-refractivity contribution in [2.24, 2.45) is 0 Å². The third-order valence-electron chi connectivity index (χ3n) is 4.32. The Labute approximate surface area is 155 Å². The van der Waals surface area contributed by atoms with E-state index in [2.05, 4.69) is 31.0 Å². The zero-order chi connectivity index (χ0) is 19.1. The molecule has 0 saturated carbocycles. The van der Waals surface area contributed by atoms with Crippen LogP contribution >= 0.6 is 0 Å². The average Bonchev–Trinajstić information content (AvgIpc) is 2.66. The molecule has 0 aliphatic heterocycles. The number of ether oxygens (including phenoxy) is 1. The van der Waals surface area contributed by atoms with Crippen molar-refractivity contribution in [3.63, 3.8) is 0 Å². The van der Waals surface area contributed by atoms with E-state index in [0.717, 1.165) is 18.7 Å². The number of carbonyl (C=O) groups is 2. The Morgan fingerprint density at radius 3 is 2.31 bits per heavy atom. The smallest absolute Gasteiger partial charge is 0.339 e. The maximum Gasteiger partial charge on any atom is 0.339 e. The van der Waals surface area contributed by atoms with Gasteiger partial charge in [0.2, 0.25) is 0 Å². The molecule has 0 aliphatic rings. The van der Waals surface area contributed by atoms with Crippen molar-refractivity contribution in [2.45, 2.75) is 33.4 Å². The van der Waals surface area contributed by atoms with E-state index in [4.69, 9.17) is 4.74 Å². The average molecular weight is 354 g/mol. The summed E-state index contributed by atoms with van der Waals surface area (Å²) < 4.78 is 4.75. The van der Waals surface area contributed by atoms with E-state index < -0.39 is 5.97 Å². The predicted molar refractivity (Wildman–Crippen MR) is 103 cm³/mol. The van der Waals surface area contributed by atoms with Crippen LogP contribution in [-0.2, 0) is 11.3 Å². The summed E-state index contributed by atoms with van der Waals surface area (Å²) in [6.45, 7) is 8.31. The van der Waals surface area contributed by atoms with E-state index in [9.17, 15) is 9.59 Å². The molecule has 0 spiro atoms. The Balaban J connectivity index is 2.10. The molecule has 0 bridgehead atoms. The van der Waals surface area contributed by atoms with Gasteiger partial charge in [-0.05, 0) is 50.2 Å². The highest BCUT2D eigenvalue weighted by atomic mass is 16.5. The summed E-state index contributed by atoms with van der Waals surface area (Å²) in [6, 6.07) is 14.8. The van der Waals surface area contributed by atoms with Crippen molar-refractivity contribution in [3.8, 4) is 0 Å². The first-order chi connectivity index (χ1) is 12.5. The van der Waals surface area contributed by atoms with Gasteiger partial charge in [0, 0.05) is 18.2 Å². The molecule has 26 heavy (non-hydrogen) atoms. The second-order valence-electron chi connectivity index (χ2n) is 6.35. The molecule has 1 N–H and O–H groups in total. The van der Waals surface area contributed by atoms with Gasteiger partial charge in [0.25, 0.3) is 5.91 Å². The van der Waals surface area contributed by atoms with Crippen LogP contribution in [0.1, 0.15) is 47.1 Å². The fourth-order valence-electron chi connectivity index (χ4n) is 2.73. The lowest BCUT2D eigenvalue weighted by molar-refractivity contribution is 0.0602. The molecule has 0 atom stereocenters. The molecule has 0 aliphatic carbocycles. The minimum Gasteiger partial charge on any atom is -0.465 e. The van der Waals surface area contributed by atoms with Crippen LogP contribution in [0.2, 0.25) is 0 Å². The molecule has 0 heterocycles. The first-order valence-electron chi connectivity index (χ1n) is 8.78. The molecule has 2 rings (SSSR count). The number of amides is 1. The minimum atomic E-state index is -0.482. The van der Waals surface area contributed by atoms with Crippen LogP contribution in [0.5, 0.6) is 0 Å². The molecule has 5 nitrogen and oxygen atoms in total. The van der Waals surface area contributed by atoms with Gasteiger partial charge in [-0.2, -0.15) is 0 Å². The van der Waals surface area contributed by atoms with Gasteiger partial charge in [0.1, 0.15) is 0 Å². The third-order valence-corrected chi connectivity index (χ3v) is 4.32. The number of hydrogen-bond donors (Lipinski definition) is 1. The number of benzene rings is 2. The summed E-state index contributed by atoms with van der Waals surface area (Å²) in [4.78, 5) is 26.7. The van der Waals surface area contributed by atoms with E-state index >= 15 is 0 Å². The number of anilines is 1. The molecular weight excluding hydrogens is 328 g/mol. The molecule has 5 heteroatoms. The number of carbonyl (C=O) groups excluding carboxylic acids is 2. The second kappa shape index (κ2) is 9.15. The molecular formula is C21H26N2O3. The van der Waals surface area contributed by atoms with Crippen molar-refractivity contribution in [2.75, 3.05) is 19.0 Å². The Kier molecular flexibility index (Phi) is 6.92. The van der Waals surface area contributed by atoms with Gasteiger partial charge >= 0.3 is 5.97 Å². The fraction of sp³-hybridized carbons (Fsp3) is 0.333. The van der Waals surface area contributed by atoms with Crippen molar-refractivity contribution < 1.29 is 14.3 Å². The standard InChI is InChI=1S/C21H26N2O3/c1-5-23(15(2)3)14-16-10-12-17(13-11-16)20(24)22-19-9-7-6-8-18(19)21(25)26-4/h6-13,15H,5,14H2,1-4H3,(H,22,24). The summed E-state index contributed by atoms with van der Waals surface area (Å²) in [6.07, 6.45) is 0. The molecule has 138 valence electrons. The van der Waals surface area contributed by atoms with E-state index in [0.29, 0.717) is 22.9 Å². The van der Waals surface area contributed by atoms with Crippen LogP contribution in [0.15, 0.2) is 48.5 Å². The molecule has 2 aromatic rings. The van der Waals surface area contributed by atoms with Gasteiger partial charge in [0.05, 0.1) is 18.4 Å². The molecule has 0 unspecified atom stereocenters. The minimum absolute atomic E-state index is 0.260. The number of hydrogen-bond acceptors (Lipinski definition) is 4. The van der Waals surface area contributed by atoms with Crippen LogP contribution in [-0.4, -0.2) is 36.5 Å². The molecule has 0 fully saturated rings. The first kappa shape index (κ1) is 19.7. The van der Waals surface area contributed by atoms with Gasteiger partial charge < -0.3 is 10.1 Å². The van der Waals surface area contributed by atoms with Crippen molar-refractivity contribution in [3.05, 3.63) is 65.2 Å². The normalized spacial score (nSPS) is 10.8. The Morgan fingerprint density at radius 1 is 1.08 bits per heavy atom. The number of nitrogens with zero attached hydrogens (tertiary/aromatic N) is 1. The quantitative estimate of drug-likeness (QED) is 0.765. The lowest BCUT2D eigenvalue weighted by atomic mass is 10.1. The SMILES string of the molecule is CCN(Cc1ccc(C(=O)Nc2ccccc2C(=O)OC)cc1)C(C)C. The van der Waals surface area contributed by atoms with Gasteiger partial charge in [-0.1, -0.05) is 31.2 Å². The summed E-state index contributed by atoms with van der Waals surface area (Å²) in [5.74, 6) is -0.742. The number of esters is 1. The van der Waals surface area contributed by atoms with Crippen LogP contribution in [0.3, 0.4) is 0 Å². The summed E-state index contributed by atoms with van der Waals surface area (Å²) in [7, 11) is 1.32. The van der Waals surface area contributed by atoms with Crippen LogP contribution in [0.25, 0.3) is 0 Å². The molecule has 2 aromatic carbocycles. The highest BCUT2D eigenvalue weighted by Gasteiger charge is 2.14. The number of para-hydroxylation sites is 1. The van der Waals surface area contributed by atoms with E-state index in [1.807, 2.05) is 12.1 Å². The largest absolute Gasteiger partial charge is 0.465 e. The highest BCUT2D eigenvalue weighted by molar-refractivity contribution is 6.07. The lowest BCUT2D eigenvalue weighted by Crippen LogP contribution is -2.29. The summed E-state index contributed by atoms with van der Waals surface area (Å²) in [5, 5.41) is 2.78. The number of rotatable bonds is 7. The Hall–Kier alpha value is -2.66. The molecule has 0 saturated heterocycles. The van der Waals surface area contributed by atoms with E-state index in [1.165, 1.54) is 7.11 Å². The topological polar surface area (TPSA) is 58.6 Å². The fourth-order valence-corrected chi connectivity index (χ4v) is 2.73. The van der Waals surface area contributed by atoms with Gasteiger partial charge in [0.15, 0.2) is 0 Å². The summed E-state index contributed by atoms with van der Waals surface area (Å²) in [5.41, 5.74) is 2.47. The van der Waals surface area contributed by atoms with Crippen molar-refractivity contribution >= 4 is 17.6 Å². The molecule has 0 aromatic heterocycles. The van der Waals surface area contributed by atoms with Gasteiger partial charge in [-0.3, -0.25) is 9.69 Å². The summed E-state index contributed by atoms with van der Waals surface area (Å²) >= 11 is 0. The van der Waals surface area contributed by atoms with E-state index in [1.54, 1.807) is 36.4 Å². The van der Waals surface area contributed by atoms with Crippen molar-refractivity contribution in [1.82, 2.24) is 4.90 Å². The molecule has 1 amide bonds. The van der Waals surface area contributed by atoms with Crippen LogP contribution in [0, 0.1) is 0 Å². The third kappa shape index (κ3) is 4.92. The van der Waals surface area contributed by atoms with Gasteiger partial charge in [-0.25, -0.2) is 4.79 Å². The van der Waals surface area contributed by atoms with Crippen LogP contribution in [0.4, 0.5) is 5.69 Å². The van der Waals surface area contributed by atoms with Crippen LogP contribution < -0.4 is 5.32 Å². The number of methoxy groups -OCH3 is 1. The monoisotopic (exact) mass is 354 g/mol. The maximum atomic E-state index is 12.5. The van der Waals surface area contributed by atoms with Gasteiger partial charge in [-0.15, -0.1) is 0 Å². The predicted octanol–water partition coefficient (Wildman–Crippen LogP) is 3.96. The molecule has 0 radical (unpaired) electrons. The Bertz CT molecular complexity index is 754. The van der Waals surface area contributed by atoms with Crippen molar-refractivity contribution in [1.29, 1.82) is 0 Å². The van der Waals surface area contributed by atoms with E-state index in [-0.39, 0.29) is 5.91 Å². The second-order valence-corrected chi connectivity index (χ2v) is 6.35. The highest BCUT2D eigenvalue weighted by Crippen LogP contribution is 2.18. The first-order valence-corrected chi connectivity index (χ1v) is 8.78. The lowest BCUT2D eigenvalue weighted by Gasteiger charge is -2.24. The zero-order valence-electron chi connectivity index (χ0n) is 15.8.